The second-order valence-corrected chi connectivity index (χ2v) is 8.20. The maximum atomic E-state index is 12.9. The fraction of sp³-hybridized carbons (Fsp3) is 0.350. The van der Waals surface area contributed by atoms with Crippen molar-refractivity contribution in [3.63, 3.8) is 0 Å². The number of hydrogen-bond acceptors (Lipinski definition) is 5. The third-order valence-corrected chi connectivity index (χ3v) is 6.67. The first-order valence-corrected chi connectivity index (χ1v) is 10.1. The first-order chi connectivity index (χ1) is 13.0. The van der Waals surface area contributed by atoms with Crippen LogP contribution in [0.1, 0.15) is 38.2 Å². The summed E-state index contributed by atoms with van der Waals surface area (Å²) in [6, 6.07) is 4.56. The molecule has 28 heavy (non-hydrogen) atoms. The molecule has 8 heteroatoms. The van der Waals surface area contributed by atoms with Crippen molar-refractivity contribution in [3.8, 4) is 11.5 Å². The van der Waals surface area contributed by atoms with Gasteiger partial charge in [0, 0.05) is 5.56 Å². The van der Waals surface area contributed by atoms with Crippen molar-refractivity contribution in [3.05, 3.63) is 51.6 Å². The van der Waals surface area contributed by atoms with Gasteiger partial charge in [-0.15, -0.1) is 4.83 Å². The van der Waals surface area contributed by atoms with E-state index >= 15 is 0 Å². The molecule has 0 aliphatic carbocycles. The van der Waals surface area contributed by atoms with Gasteiger partial charge in [-0.05, 0) is 80.6 Å². The van der Waals surface area contributed by atoms with E-state index in [4.69, 9.17) is 9.47 Å². The number of carbonyl (C=O) groups is 1. The fourth-order valence-corrected chi connectivity index (χ4v) is 4.52. The van der Waals surface area contributed by atoms with Crippen molar-refractivity contribution in [2.45, 2.75) is 39.5 Å². The molecule has 0 bridgehead atoms. The molecular weight excluding hydrogens is 380 g/mol. The van der Waals surface area contributed by atoms with E-state index in [9.17, 15) is 13.2 Å². The highest BCUT2D eigenvalue weighted by Crippen LogP contribution is 2.29. The zero-order valence-corrected chi connectivity index (χ0v) is 18.0. The van der Waals surface area contributed by atoms with Crippen LogP contribution in [0.25, 0.3) is 0 Å². The summed E-state index contributed by atoms with van der Waals surface area (Å²) in [5.74, 6) is 0.228. The highest BCUT2D eigenvalue weighted by molar-refractivity contribution is 7.89. The van der Waals surface area contributed by atoms with Crippen LogP contribution in [0.15, 0.2) is 23.1 Å². The lowest BCUT2D eigenvalue weighted by Crippen LogP contribution is -2.42. The summed E-state index contributed by atoms with van der Waals surface area (Å²) in [7, 11) is -1.01. The maximum absolute atomic E-state index is 12.9. The molecule has 1 amide bonds. The number of amides is 1. The number of hydrazine groups is 1. The minimum atomic E-state index is -3.95. The smallest absolute Gasteiger partial charge is 0.266 e. The van der Waals surface area contributed by atoms with Crippen molar-refractivity contribution >= 4 is 15.9 Å². The van der Waals surface area contributed by atoms with E-state index in [1.807, 2.05) is 20.8 Å². The van der Waals surface area contributed by atoms with Crippen LogP contribution in [-0.2, 0) is 10.0 Å². The Hall–Kier alpha value is -2.58. The molecule has 0 saturated carbocycles. The van der Waals surface area contributed by atoms with Gasteiger partial charge in [0.25, 0.3) is 15.9 Å². The number of methoxy groups -OCH3 is 2. The Balaban J connectivity index is 2.31. The van der Waals surface area contributed by atoms with E-state index in [0.29, 0.717) is 22.6 Å². The average Bonchev–Trinajstić information content (AvgIpc) is 2.68. The number of nitrogens with one attached hydrogen (secondary N) is 2. The summed E-state index contributed by atoms with van der Waals surface area (Å²) in [6.07, 6.45) is 0. The predicted molar refractivity (Wildman–Crippen MR) is 107 cm³/mol. The lowest BCUT2D eigenvalue weighted by molar-refractivity contribution is 0.0944. The Kier molecular flexibility index (Phi) is 6.36. The van der Waals surface area contributed by atoms with E-state index in [1.165, 1.54) is 26.4 Å². The number of rotatable bonds is 6. The van der Waals surface area contributed by atoms with E-state index in [0.717, 1.165) is 16.7 Å². The van der Waals surface area contributed by atoms with Gasteiger partial charge in [-0.1, -0.05) is 0 Å². The van der Waals surface area contributed by atoms with E-state index in [-0.39, 0.29) is 10.5 Å². The molecule has 0 aliphatic rings. The van der Waals surface area contributed by atoms with Gasteiger partial charge in [0.05, 0.1) is 19.1 Å². The molecule has 0 unspecified atom stereocenters. The molecule has 0 heterocycles. The fourth-order valence-electron chi connectivity index (χ4n) is 3.08. The van der Waals surface area contributed by atoms with E-state index < -0.39 is 15.9 Å². The molecule has 0 saturated heterocycles. The summed E-state index contributed by atoms with van der Waals surface area (Å²) in [5.41, 5.74) is 6.69. The van der Waals surface area contributed by atoms with Gasteiger partial charge in [0.2, 0.25) is 0 Å². The molecule has 0 fully saturated rings. The molecule has 0 aromatic heterocycles. The van der Waals surface area contributed by atoms with Crippen molar-refractivity contribution < 1.29 is 22.7 Å². The van der Waals surface area contributed by atoms with Crippen molar-refractivity contribution in [1.82, 2.24) is 10.3 Å². The third-order valence-electron chi connectivity index (χ3n) is 5.14. The monoisotopic (exact) mass is 406 g/mol. The summed E-state index contributed by atoms with van der Waals surface area (Å²) in [4.78, 5) is 14.8. The van der Waals surface area contributed by atoms with Crippen LogP contribution in [0.2, 0.25) is 0 Å². The topological polar surface area (TPSA) is 93.7 Å². The lowest BCUT2D eigenvalue weighted by Gasteiger charge is -2.19. The van der Waals surface area contributed by atoms with Gasteiger partial charge in [0.15, 0.2) is 11.5 Å². The zero-order chi connectivity index (χ0) is 21.2. The quantitative estimate of drug-likeness (QED) is 0.720. The molecule has 152 valence electrons. The molecular formula is C20H26N2O5S. The number of sulfonamides is 1. The molecule has 0 spiro atoms. The molecule has 0 atom stereocenters. The molecule has 2 N–H and O–H groups in total. The number of benzene rings is 2. The Labute approximate surface area is 166 Å². The van der Waals surface area contributed by atoms with Crippen LogP contribution in [0.4, 0.5) is 0 Å². The highest BCUT2D eigenvalue weighted by atomic mass is 32.2. The SMILES string of the molecule is COc1ccc(C(=O)NNS(=O)(=O)c2c(C)c(C)c(C)c(C)c2C)cc1OC. The van der Waals surface area contributed by atoms with Crippen LogP contribution in [0.5, 0.6) is 11.5 Å². The van der Waals surface area contributed by atoms with Gasteiger partial charge >= 0.3 is 0 Å². The van der Waals surface area contributed by atoms with Crippen LogP contribution >= 0.6 is 0 Å². The molecule has 2 aromatic rings. The van der Waals surface area contributed by atoms with Crippen LogP contribution in [0, 0.1) is 34.6 Å². The summed E-state index contributed by atoms with van der Waals surface area (Å²) >= 11 is 0. The van der Waals surface area contributed by atoms with Crippen LogP contribution < -0.4 is 19.7 Å². The molecule has 2 rings (SSSR count). The van der Waals surface area contributed by atoms with Gasteiger partial charge in [-0.2, -0.15) is 0 Å². The highest BCUT2D eigenvalue weighted by Gasteiger charge is 2.24. The first-order valence-electron chi connectivity index (χ1n) is 8.66. The number of carbonyl (C=O) groups excluding carboxylic acids is 1. The van der Waals surface area contributed by atoms with E-state index in [1.54, 1.807) is 19.9 Å². The molecule has 2 aromatic carbocycles. The van der Waals surface area contributed by atoms with Gasteiger partial charge in [0.1, 0.15) is 0 Å². The van der Waals surface area contributed by atoms with Gasteiger partial charge in [-0.3, -0.25) is 10.2 Å². The summed E-state index contributed by atoms with van der Waals surface area (Å²) < 4.78 is 36.1. The molecule has 0 radical (unpaired) electrons. The standard InChI is InChI=1S/C20H26N2O5S/c1-11-12(2)14(4)19(15(5)13(11)3)28(24,25)22-21-20(23)16-8-9-17(26-6)18(10-16)27-7/h8-10,22H,1-7H3,(H,21,23). The minimum Gasteiger partial charge on any atom is -0.493 e. The third kappa shape index (κ3) is 3.98. The van der Waals surface area contributed by atoms with Crippen LogP contribution in [0.3, 0.4) is 0 Å². The van der Waals surface area contributed by atoms with Crippen molar-refractivity contribution in [2.24, 2.45) is 0 Å². The number of hydrogen-bond donors (Lipinski definition) is 2. The second-order valence-electron chi connectivity index (χ2n) is 6.58. The Morgan fingerprint density at radius 2 is 1.32 bits per heavy atom. The Morgan fingerprint density at radius 3 is 1.82 bits per heavy atom. The van der Waals surface area contributed by atoms with Crippen LogP contribution in [-0.4, -0.2) is 28.5 Å². The minimum absolute atomic E-state index is 0.181. The first kappa shape index (κ1) is 21.7. The molecule has 0 aliphatic heterocycles. The van der Waals surface area contributed by atoms with Gasteiger partial charge < -0.3 is 9.47 Å². The normalized spacial score (nSPS) is 11.2. The maximum Gasteiger partial charge on any atom is 0.266 e. The second kappa shape index (κ2) is 8.20. The van der Waals surface area contributed by atoms with Crippen molar-refractivity contribution in [2.75, 3.05) is 14.2 Å². The van der Waals surface area contributed by atoms with Crippen molar-refractivity contribution in [1.29, 1.82) is 0 Å². The lowest BCUT2D eigenvalue weighted by atomic mass is 9.95. The summed E-state index contributed by atoms with van der Waals surface area (Å²) in [5, 5.41) is 0. The summed E-state index contributed by atoms with van der Waals surface area (Å²) in [6.45, 7) is 9.27. The van der Waals surface area contributed by atoms with Gasteiger partial charge in [-0.25, -0.2) is 8.42 Å². The molecule has 7 nitrogen and oxygen atoms in total. The largest absolute Gasteiger partial charge is 0.493 e. The Morgan fingerprint density at radius 1 is 0.821 bits per heavy atom. The zero-order valence-electron chi connectivity index (χ0n) is 17.2. The average molecular weight is 407 g/mol. The predicted octanol–water partition coefficient (Wildman–Crippen LogP) is 2.87. The number of ether oxygens (including phenoxy) is 2. The Bertz CT molecular complexity index is 1000. The van der Waals surface area contributed by atoms with E-state index in [2.05, 4.69) is 10.3 Å².